The molecule has 1 aliphatic heterocycles. The normalized spacial score (nSPS) is 25.4. The Morgan fingerprint density at radius 1 is 1.24 bits per heavy atom. The Kier molecular flexibility index (Phi) is 5.39. The number of ether oxygens (including phenoxy) is 1. The summed E-state index contributed by atoms with van der Waals surface area (Å²) < 4.78 is 4.81. The van der Waals surface area contributed by atoms with Gasteiger partial charge < -0.3 is 4.74 Å². The van der Waals surface area contributed by atoms with Crippen LogP contribution >= 0.6 is 0 Å². The van der Waals surface area contributed by atoms with Gasteiger partial charge in [-0.25, -0.2) is 0 Å². The Morgan fingerprint density at radius 3 is 2.14 bits per heavy atom. The summed E-state index contributed by atoms with van der Waals surface area (Å²) in [6.07, 6.45) is 0.787. The highest BCUT2D eigenvalue weighted by Crippen LogP contribution is 2.47. The van der Waals surface area contributed by atoms with Gasteiger partial charge in [0.05, 0.1) is 12.5 Å². The summed E-state index contributed by atoms with van der Waals surface area (Å²) in [5.74, 6) is -0.737. The number of carbonyl (C=O) groups is 3. The van der Waals surface area contributed by atoms with Crippen LogP contribution in [0.15, 0.2) is 0 Å². The summed E-state index contributed by atoms with van der Waals surface area (Å²) in [7, 11) is 2.85. The second-order valence-corrected chi connectivity index (χ2v) is 7.34. The van der Waals surface area contributed by atoms with Crippen molar-refractivity contribution in [2.45, 2.75) is 54.9 Å². The third-order valence-corrected chi connectivity index (χ3v) is 4.11. The third kappa shape index (κ3) is 3.44. The minimum atomic E-state index is -0.767. The summed E-state index contributed by atoms with van der Waals surface area (Å²) in [6.45, 7) is 9.02. The Labute approximate surface area is 128 Å². The molecule has 0 bridgehead atoms. The third-order valence-electron chi connectivity index (χ3n) is 4.11. The molecule has 0 aromatic carbocycles. The molecule has 1 rings (SSSR count). The van der Waals surface area contributed by atoms with E-state index in [0.717, 1.165) is 0 Å². The first-order valence-electron chi connectivity index (χ1n) is 6.78. The van der Waals surface area contributed by atoms with Crippen molar-refractivity contribution in [2.75, 3.05) is 14.2 Å². The zero-order valence-electron chi connectivity index (χ0n) is 13.5. The molecule has 0 radical (unpaired) electrons. The van der Waals surface area contributed by atoms with E-state index in [1.807, 2.05) is 20.8 Å². The van der Waals surface area contributed by atoms with Crippen molar-refractivity contribution >= 4 is 17.8 Å². The lowest BCUT2D eigenvalue weighted by Gasteiger charge is -2.46. The van der Waals surface area contributed by atoms with Gasteiger partial charge in [-0.3, -0.25) is 19.3 Å². The molecule has 2 amide bonds. The van der Waals surface area contributed by atoms with Gasteiger partial charge in [-0.2, -0.15) is 0 Å². The maximum absolute atomic E-state index is 12.5. The van der Waals surface area contributed by atoms with Crippen molar-refractivity contribution in [1.29, 1.82) is 0 Å². The number of likely N-dealkylation sites (tertiary alicyclic amines) is 1. The molecule has 0 aromatic rings. The van der Waals surface area contributed by atoms with Crippen LogP contribution in [-0.2, 0) is 19.1 Å². The Balaban J connectivity index is 0.00000400. The van der Waals surface area contributed by atoms with Crippen LogP contribution in [0.25, 0.3) is 0 Å². The number of piperidine rings is 1. The molecule has 1 atom stereocenters. The number of hydrogen-bond donors (Lipinski definition) is 0. The fraction of sp³-hybridized carbons (Fsp3) is 0.812. The van der Waals surface area contributed by atoms with Crippen molar-refractivity contribution in [3.63, 3.8) is 0 Å². The first-order chi connectivity index (χ1) is 8.87. The fourth-order valence-electron chi connectivity index (χ4n) is 3.54. The van der Waals surface area contributed by atoms with Crippen LogP contribution in [0.2, 0.25) is 0 Å². The molecule has 1 saturated heterocycles. The Bertz CT molecular complexity index is 453. The number of rotatable bonds is 3. The van der Waals surface area contributed by atoms with Crippen molar-refractivity contribution in [1.82, 2.24) is 4.90 Å². The van der Waals surface area contributed by atoms with Crippen molar-refractivity contribution in [3.05, 3.63) is 0 Å². The smallest absolute Gasteiger partial charge is 0.311 e. The van der Waals surface area contributed by atoms with Crippen molar-refractivity contribution in [3.8, 4) is 0 Å². The van der Waals surface area contributed by atoms with E-state index < -0.39 is 16.2 Å². The van der Waals surface area contributed by atoms with E-state index in [4.69, 9.17) is 4.74 Å². The van der Waals surface area contributed by atoms with Gasteiger partial charge in [-0.15, -0.1) is 0 Å². The topological polar surface area (TPSA) is 63.7 Å². The molecule has 0 N–H and O–H groups in total. The molecular formula is C16H29NO4. The zero-order chi connectivity index (χ0) is 15.9. The van der Waals surface area contributed by atoms with Crippen LogP contribution in [0.1, 0.15) is 54.9 Å². The van der Waals surface area contributed by atoms with Crippen molar-refractivity contribution in [2.24, 2.45) is 16.2 Å². The minimum Gasteiger partial charge on any atom is -0.469 e. The van der Waals surface area contributed by atoms with E-state index >= 15 is 0 Å². The van der Waals surface area contributed by atoms with Gasteiger partial charge >= 0.3 is 5.97 Å². The molecule has 1 unspecified atom stereocenters. The zero-order valence-corrected chi connectivity index (χ0v) is 13.5. The standard InChI is InChI=1S/C15H25NO4.CH4/c1-13(2)8-15(5,11(18)16(6)10(13)17)9-14(3,4)12(19)20-7;/h8-9H2,1-7H3;1H4. The van der Waals surface area contributed by atoms with Gasteiger partial charge in [-0.05, 0) is 26.7 Å². The summed E-state index contributed by atoms with van der Waals surface area (Å²) >= 11 is 0. The molecule has 1 fully saturated rings. The average Bonchev–Trinajstić information content (AvgIpc) is 2.31. The maximum Gasteiger partial charge on any atom is 0.311 e. The van der Waals surface area contributed by atoms with Gasteiger partial charge in [0.25, 0.3) is 0 Å². The van der Waals surface area contributed by atoms with Crippen molar-refractivity contribution < 1.29 is 19.1 Å². The SMILES string of the molecule is C.COC(=O)C(C)(C)CC1(C)CC(C)(C)C(=O)N(C)C1=O. The number of imide groups is 1. The first kappa shape index (κ1) is 19.6. The minimum absolute atomic E-state index is 0. The monoisotopic (exact) mass is 299 g/mol. The van der Waals surface area contributed by atoms with E-state index in [-0.39, 0.29) is 25.2 Å². The summed E-state index contributed by atoms with van der Waals surface area (Å²) in [5.41, 5.74) is -2.12. The molecule has 0 aromatic heterocycles. The molecule has 122 valence electrons. The fourth-order valence-corrected chi connectivity index (χ4v) is 3.54. The molecule has 1 heterocycles. The van der Waals surface area contributed by atoms with E-state index in [0.29, 0.717) is 12.8 Å². The van der Waals surface area contributed by atoms with Crippen LogP contribution in [-0.4, -0.2) is 36.8 Å². The number of methoxy groups -OCH3 is 1. The molecule has 5 heteroatoms. The second-order valence-electron chi connectivity index (χ2n) is 7.34. The Morgan fingerprint density at radius 2 is 1.71 bits per heavy atom. The van der Waals surface area contributed by atoms with Gasteiger partial charge in [0, 0.05) is 17.9 Å². The molecule has 0 spiro atoms. The maximum atomic E-state index is 12.5. The second kappa shape index (κ2) is 5.78. The van der Waals surface area contributed by atoms with Gasteiger partial charge in [0.2, 0.25) is 11.8 Å². The predicted molar refractivity (Wildman–Crippen MR) is 81.4 cm³/mol. The highest BCUT2D eigenvalue weighted by Gasteiger charge is 2.53. The number of hydrogen-bond acceptors (Lipinski definition) is 4. The Hall–Kier alpha value is -1.39. The number of amides is 2. The predicted octanol–water partition coefficient (Wildman–Crippen LogP) is 2.63. The average molecular weight is 299 g/mol. The molecule has 0 aliphatic carbocycles. The largest absolute Gasteiger partial charge is 0.469 e. The number of carbonyl (C=O) groups excluding carboxylic acids is 3. The lowest BCUT2D eigenvalue weighted by molar-refractivity contribution is -0.168. The lowest BCUT2D eigenvalue weighted by atomic mass is 9.63. The van der Waals surface area contributed by atoms with Crippen LogP contribution in [0.5, 0.6) is 0 Å². The molecule has 21 heavy (non-hydrogen) atoms. The summed E-state index contributed by atoms with van der Waals surface area (Å²) in [5, 5.41) is 0. The lowest BCUT2D eigenvalue weighted by Crippen LogP contribution is -2.57. The van der Waals surface area contributed by atoms with Gasteiger partial charge in [-0.1, -0.05) is 28.2 Å². The van der Waals surface area contributed by atoms with E-state index in [9.17, 15) is 14.4 Å². The van der Waals surface area contributed by atoms with E-state index in [1.54, 1.807) is 13.8 Å². The molecule has 1 aliphatic rings. The molecular weight excluding hydrogens is 270 g/mol. The van der Waals surface area contributed by atoms with Crippen LogP contribution in [0.3, 0.4) is 0 Å². The number of esters is 1. The highest BCUT2D eigenvalue weighted by molar-refractivity contribution is 6.03. The van der Waals surface area contributed by atoms with Crippen LogP contribution in [0, 0.1) is 16.2 Å². The van der Waals surface area contributed by atoms with Crippen LogP contribution in [0.4, 0.5) is 0 Å². The van der Waals surface area contributed by atoms with Gasteiger partial charge in [0.15, 0.2) is 0 Å². The molecule has 0 saturated carbocycles. The van der Waals surface area contributed by atoms with Gasteiger partial charge in [0.1, 0.15) is 0 Å². The van der Waals surface area contributed by atoms with E-state index in [1.165, 1.54) is 19.1 Å². The first-order valence-corrected chi connectivity index (χ1v) is 6.78. The van der Waals surface area contributed by atoms with Crippen LogP contribution < -0.4 is 0 Å². The summed E-state index contributed by atoms with van der Waals surface area (Å²) in [6, 6.07) is 0. The summed E-state index contributed by atoms with van der Waals surface area (Å²) in [4.78, 5) is 37.6. The quantitative estimate of drug-likeness (QED) is 0.593. The molecule has 5 nitrogen and oxygen atoms in total. The number of nitrogens with zero attached hydrogens (tertiary/aromatic N) is 1. The highest BCUT2D eigenvalue weighted by atomic mass is 16.5. The van der Waals surface area contributed by atoms with E-state index in [2.05, 4.69) is 0 Å².